The van der Waals surface area contributed by atoms with E-state index < -0.39 is 0 Å². The predicted molar refractivity (Wildman–Crippen MR) is 138 cm³/mol. The third-order valence-electron chi connectivity index (χ3n) is 5.07. The fourth-order valence-corrected chi connectivity index (χ4v) is 4.87. The molecular weight excluding hydrogens is 464 g/mol. The molecule has 0 radical (unpaired) electrons. The van der Waals surface area contributed by atoms with Gasteiger partial charge < -0.3 is 5.32 Å². The zero-order chi connectivity index (χ0) is 23.3. The highest BCUT2D eigenvalue weighted by Gasteiger charge is 2.19. The molecule has 0 fully saturated rings. The van der Waals surface area contributed by atoms with Crippen LogP contribution in [0.5, 0.6) is 0 Å². The van der Waals surface area contributed by atoms with Gasteiger partial charge >= 0.3 is 0 Å². The Morgan fingerprint density at radius 1 is 1.12 bits per heavy atom. The first kappa shape index (κ1) is 22.0. The van der Waals surface area contributed by atoms with Crippen molar-refractivity contribution in [3.8, 4) is 22.6 Å². The predicted octanol–water partition coefficient (Wildman–Crippen LogP) is 5.53. The van der Waals surface area contributed by atoms with Gasteiger partial charge in [0.2, 0.25) is 5.91 Å². The van der Waals surface area contributed by atoms with Gasteiger partial charge in [-0.3, -0.25) is 9.36 Å². The first-order valence-corrected chi connectivity index (χ1v) is 12.4. The topological polar surface area (TPSA) is 85.6 Å². The van der Waals surface area contributed by atoms with Gasteiger partial charge in [-0.1, -0.05) is 66.4 Å². The van der Waals surface area contributed by atoms with Gasteiger partial charge in [-0.15, -0.1) is 28.1 Å². The van der Waals surface area contributed by atoms with E-state index in [1.807, 2.05) is 70.6 Å². The summed E-state index contributed by atoms with van der Waals surface area (Å²) in [6.45, 7) is 4.41. The Hall–Kier alpha value is -3.82. The van der Waals surface area contributed by atoms with Crippen molar-refractivity contribution in [2.45, 2.75) is 11.7 Å². The van der Waals surface area contributed by atoms with Crippen LogP contribution >= 0.6 is 23.1 Å². The summed E-state index contributed by atoms with van der Waals surface area (Å²) in [5.74, 6) is 0.759. The lowest BCUT2D eigenvalue weighted by atomic mass is 10.0. The summed E-state index contributed by atoms with van der Waals surface area (Å²) in [6, 6.07) is 20.1. The van der Waals surface area contributed by atoms with Gasteiger partial charge in [-0.05, 0) is 12.1 Å². The monoisotopic (exact) mass is 484 g/mol. The Morgan fingerprint density at radius 3 is 2.74 bits per heavy atom. The molecule has 5 rings (SSSR count). The molecule has 0 unspecified atom stereocenters. The van der Waals surface area contributed by atoms with E-state index >= 15 is 0 Å². The second-order valence-electron chi connectivity index (χ2n) is 7.32. The van der Waals surface area contributed by atoms with Crippen molar-refractivity contribution in [3.05, 3.63) is 84.9 Å². The summed E-state index contributed by atoms with van der Waals surface area (Å²) in [6.07, 6.45) is 3.46. The molecule has 168 valence electrons. The van der Waals surface area contributed by atoms with Crippen molar-refractivity contribution in [2.24, 2.45) is 0 Å². The molecule has 1 amide bonds. The van der Waals surface area contributed by atoms with Gasteiger partial charge in [-0.2, -0.15) is 0 Å². The molecule has 0 atom stereocenters. The molecule has 0 saturated heterocycles. The lowest BCUT2D eigenvalue weighted by molar-refractivity contribution is -0.113. The average molecular weight is 485 g/mol. The van der Waals surface area contributed by atoms with Crippen LogP contribution in [0.2, 0.25) is 0 Å². The Morgan fingerprint density at radius 2 is 1.94 bits per heavy atom. The fraction of sp³-hybridized carbons (Fsp3) is 0.0800. The second-order valence-corrected chi connectivity index (χ2v) is 9.15. The highest BCUT2D eigenvalue weighted by Crippen LogP contribution is 2.33. The van der Waals surface area contributed by atoms with Crippen LogP contribution in [-0.2, 0) is 11.3 Å². The van der Waals surface area contributed by atoms with Crippen molar-refractivity contribution in [1.82, 2.24) is 24.7 Å². The maximum atomic E-state index is 12.4. The van der Waals surface area contributed by atoms with E-state index in [0.29, 0.717) is 22.7 Å². The molecular formula is C25H20N6OS2. The van der Waals surface area contributed by atoms with Gasteiger partial charge in [0, 0.05) is 34.6 Å². The maximum absolute atomic E-state index is 12.4. The molecule has 0 spiro atoms. The number of thioether (sulfide) groups is 1. The molecule has 0 aliphatic carbocycles. The number of fused-ring (bicyclic) bond motifs is 1. The smallest absolute Gasteiger partial charge is 0.236 e. The summed E-state index contributed by atoms with van der Waals surface area (Å²) in [7, 11) is 0. The summed E-state index contributed by atoms with van der Waals surface area (Å²) >= 11 is 2.71. The minimum Gasteiger partial charge on any atom is -0.301 e. The third kappa shape index (κ3) is 4.61. The fourth-order valence-electron chi connectivity index (χ4n) is 3.58. The van der Waals surface area contributed by atoms with Gasteiger partial charge in [0.05, 0.1) is 17.0 Å². The summed E-state index contributed by atoms with van der Waals surface area (Å²) in [4.78, 5) is 21.3. The van der Waals surface area contributed by atoms with Crippen molar-refractivity contribution in [1.29, 1.82) is 0 Å². The molecule has 1 N–H and O–H groups in total. The Balaban J connectivity index is 1.52. The molecule has 3 aromatic heterocycles. The summed E-state index contributed by atoms with van der Waals surface area (Å²) in [5.41, 5.74) is 3.69. The van der Waals surface area contributed by atoms with Crippen LogP contribution in [-0.4, -0.2) is 36.4 Å². The number of amides is 1. The minimum atomic E-state index is -0.143. The molecule has 0 bridgehead atoms. The van der Waals surface area contributed by atoms with E-state index in [1.165, 1.54) is 23.1 Å². The average Bonchev–Trinajstić information content (AvgIpc) is 3.53. The Kier molecular flexibility index (Phi) is 6.46. The van der Waals surface area contributed by atoms with E-state index in [2.05, 4.69) is 27.1 Å². The standard InChI is InChI=1S/C25H20N6OS2/c1-2-13-31-23(29-30-25(31)34-16-22(32)28-24-26-12-14-33-24)19-15-21(17-8-4-3-5-9-17)27-20-11-7-6-10-18(19)20/h2-12,14-15H,1,13,16H2,(H,26,28,32). The van der Waals surface area contributed by atoms with Crippen LogP contribution in [0.15, 0.2) is 90.1 Å². The van der Waals surface area contributed by atoms with Crippen LogP contribution in [0.3, 0.4) is 0 Å². The number of hydrogen-bond donors (Lipinski definition) is 1. The number of benzene rings is 2. The lowest BCUT2D eigenvalue weighted by Gasteiger charge is -2.12. The number of nitrogens with one attached hydrogen (secondary N) is 1. The van der Waals surface area contributed by atoms with Crippen LogP contribution in [0.25, 0.3) is 33.5 Å². The van der Waals surface area contributed by atoms with Crippen molar-refractivity contribution >= 4 is 45.0 Å². The second kappa shape index (κ2) is 9.98. The van der Waals surface area contributed by atoms with E-state index in [9.17, 15) is 4.79 Å². The van der Waals surface area contributed by atoms with Crippen LogP contribution < -0.4 is 5.32 Å². The zero-order valence-electron chi connectivity index (χ0n) is 18.1. The minimum absolute atomic E-state index is 0.143. The van der Waals surface area contributed by atoms with E-state index in [-0.39, 0.29) is 11.7 Å². The molecule has 5 aromatic rings. The first-order chi connectivity index (χ1) is 16.7. The van der Waals surface area contributed by atoms with Crippen molar-refractivity contribution in [3.63, 3.8) is 0 Å². The number of rotatable bonds is 8. The molecule has 3 heterocycles. The molecule has 34 heavy (non-hydrogen) atoms. The molecule has 9 heteroatoms. The number of carbonyl (C=O) groups is 1. The van der Waals surface area contributed by atoms with Crippen LogP contribution in [0.1, 0.15) is 0 Å². The first-order valence-electron chi connectivity index (χ1n) is 10.5. The molecule has 0 aliphatic heterocycles. The van der Waals surface area contributed by atoms with Crippen LogP contribution in [0, 0.1) is 0 Å². The number of nitrogens with zero attached hydrogens (tertiary/aromatic N) is 5. The van der Waals surface area contributed by atoms with Gasteiger partial charge in [-0.25, -0.2) is 9.97 Å². The maximum Gasteiger partial charge on any atom is 0.236 e. The molecule has 0 saturated carbocycles. The largest absolute Gasteiger partial charge is 0.301 e. The lowest BCUT2D eigenvalue weighted by Crippen LogP contribution is -2.14. The molecule has 7 nitrogen and oxygen atoms in total. The SMILES string of the molecule is C=CCn1c(SCC(=O)Nc2nccs2)nnc1-c1cc(-c2ccccc2)nc2ccccc12. The third-order valence-corrected chi connectivity index (χ3v) is 6.72. The summed E-state index contributed by atoms with van der Waals surface area (Å²) < 4.78 is 1.98. The summed E-state index contributed by atoms with van der Waals surface area (Å²) in [5, 5.41) is 15.7. The van der Waals surface area contributed by atoms with Gasteiger partial charge in [0.15, 0.2) is 16.1 Å². The van der Waals surface area contributed by atoms with Gasteiger partial charge in [0.1, 0.15) is 0 Å². The Labute approximate surface area is 204 Å². The highest BCUT2D eigenvalue weighted by molar-refractivity contribution is 7.99. The van der Waals surface area contributed by atoms with Crippen LogP contribution in [0.4, 0.5) is 5.13 Å². The van der Waals surface area contributed by atoms with Gasteiger partial charge in [0.25, 0.3) is 0 Å². The number of aromatic nitrogens is 5. The normalized spacial score (nSPS) is 10.9. The quantitative estimate of drug-likeness (QED) is 0.230. The number of para-hydroxylation sites is 1. The van der Waals surface area contributed by atoms with Crippen molar-refractivity contribution < 1.29 is 4.79 Å². The van der Waals surface area contributed by atoms with E-state index in [4.69, 9.17) is 4.98 Å². The number of pyridine rings is 1. The number of carbonyl (C=O) groups excluding carboxylic acids is 1. The number of allylic oxidation sites excluding steroid dienone is 1. The van der Waals surface area contributed by atoms with Crippen molar-refractivity contribution in [2.75, 3.05) is 11.1 Å². The molecule has 0 aliphatic rings. The number of thiazole rings is 1. The number of hydrogen-bond acceptors (Lipinski definition) is 7. The van der Waals surface area contributed by atoms with E-state index in [0.717, 1.165) is 27.7 Å². The zero-order valence-corrected chi connectivity index (χ0v) is 19.7. The number of anilines is 1. The Bertz CT molecular complexity index is 1450. The van der Waals surface area contributed by atoms with E-state index in [1.54, 1.807) is 12.3 Å². The highest BCUT2D eigenvalue weighted by atomic mass is 32.2. The molecule has 2 aromatic carbocycles.